The Hall–Kier alpha value is -3.44. The number of aromatic nitrogens is 2. The molecule has 2 aromatic carbocycles. The highest BCUT2D eigenvalue weighted by Gasteiger charge is 2.36. The first kappa shape index (κ1) is 38.3. The van der Waals surface area contributed by atoms with Gasteiger partial charge in [0.05, 0.1) is 35.9 Å². The lowest BCUT2D eigenvalue weighted by molar-refractivity contribution is -0.139. The summed E-state index contributed by atoms with van der Waals surface area (Å²) in [6.07, 6.45) is -0.267. The quantitative estimate of drug-likeness (QED) is 0.252. The molecule has 16 heteroatoms. The molecule has 3 aliphatic rings. The van der Waals surface area contributed by atoms with Crippen LogP contribution in [-0.4, -0.2) is 113 Å². The van der Waals surface area contributed by atoms with E-state index in [1.807, 2.05) is 35.2 Å². The van der Waals surface area contributed by atoms with Crippen LogP contribution in [0.4, 0.5) is 13.2 Å². The normalized spacial score (nSPS) is 18.5. The van der Waals surface area contributed by atoms with Gasteiger partial charge in [0, 0.05) is 86.4 Å². The average Bonchev–Trinajstić information content (AvgIpc) is 3.70. The Morgan fingerprint density at radius 2 is 1.81 bits per heavy atom. The van der Waals surface area contributed by atoms with Crippen molar-refractivity contribution < 1.29 is 36.3 Å². The first-order valence-corrected chi connectivity index (χ1v) is 20.5. The second-order valence-corrected chi connectivity index (χ2v) is 16.8. The molecule has 2 fully saturated rings. The van der Waals surface area contributed by atoms with E-state index >= 15 is 0 Å². The van der Waals surface area contributed by atoms with Gasteiger partial charge in [-0.2, -0.15) is 22.6 Å². The van der Waals surface area contributed by atoms with E-state index in [1.165, 1.54) is 16.4 Å². The third kappa shape index (κ3) is 9.37. The van der Waals surface area contributed by atoms with E-state index in [0.717, 1.165) is 74.2 Å². The predicted molar refractivity (Wildman–Crippen MR) is 192 cm³/mol. The number of hydrogen-bond donors (Lipinski definition) is 2. The Kier molecular flexibility index (Phi) is 12.0. The second kappa shape index (κ2) is 16.3. The summed E-state index contributed by atoms with van der Waals surface area (Å²) in [7, 11) is -3.57. The van der Waals surface area contributed by atoms with Crippen LogP contribution in [0.1, 0.15) is 48.1 Å². The van der Waals surface area contributed by atoms with E-state index in [4.69, 9.17) is 5.10 Å². The van der Waals surface area contributed by atoms with Gasteiger partial charge in [-0.05, 0) is 43.4 Å². The van der Waals surface area contributed by atoms with E-state index in [9.17, 15) is 36.3 Å². The molecular weight excluding hydrogens is 718 g/mol. The molecule has 3 aromatic rings. The second-order valence-electron chi connectivity index (χ2n) is 13.8. The summed E-state index contributed by atoms with van der Waals surface area (Å²) < 4.78 is 70.5. The molecule has 0 spiro atoms. The highest BCUT2D eigenvalue weighted by molar-refractivity contribution is 8.00. The molecular formula is C36H45F3N6O5S2. The Balaban J connectivity index is 1.18. The lowest BCUT2D eigenvalue weighted by Gasteiger charge is -2.37. The van der Waals surface area contributed by atoms with Gasteiger partial charge < -0.3 is 20.2 Å². The van der Waals surface area contributed by atoms with Crippen LogP contribution in [0.3, 0.4) is 0 Å². The molecule has 282 valence electrons. The highest BCUT2D eigenvalue weighted by Crippen LogP contribution is 2.40. The van der Waals surface area contributed by atoms with Gasteiger partial charge in [0.25, 0.3) is 0 Å². The van der Waals surface area contributed by atoms with Crippen molar-refractivity contribution in [3.05, 3.63) is 70.9 Å². The maximum absolute atomic E-state index is 14.2. The van der Waals surface area contributed by atoms with Gasteiger partial charge in [-0.1, -0.05) is 36.4 Å². The number of aliphatic hydroxyl groups is 1. The number of hydrogen-bond acceptors (Lipinski definition) is 8. The summed E-state index contributed by atoms with van der Waals surface area (Å²) in [6.45, 7) is 3.35. The fourth-order valence-electron chi connectivity index (χ4n) is 7.36. The molecule has 52 heavy (non-hydrogen) atoms. The van der Waals surface area contributed by atoms with E-state index in [1.54, 1.807) is 4.68 Å². The van der Waals surface area contributed by atoms with Crippen molar-refractivity contribution in [1.82, 2.24) is 29.2 Å². The molecule has 1 aromatic heterocycles. The number of rotatable bonds is 13. The molecule has 0 bridgehead atoms. The molecule has 11 nitrogen and oxygen atoms in total. The summed E-state index contributed by atoms with van der Waals surface area (Å²) in [5.74, 6) is -0.410. The molecule has 2 N–H and O–H groups in total. The number of aliphatic hydroxyl groups excluding tert-OH is 1. The van der Waals surface area contributed by atoms with E-state index in [2.05, 4.69) is 10.2 Å². The van der Waals surface area contributed by atoms with Gasteiger partial charge in [0.1, 0.15) is 0 Å². The number of carbonyl (C=O) groups excluding carboxylic acids is 2. The van der Waals surface area contributed by atoms with Crippen molar-refractivity contribution in [3.8, 4) is 11.3 Å². The van der Waals surface area contributed by atoms with E-state index in [-0.39, 0.29) is 42.2 Å². The average molecular weight is 763 g/mol. The third-order valence-corrected chi connectivity index (χ3v) is 12.3. The van der Waals surface area contributed by atoms with E-state index < -0.39 is 33.8 Å². The van der Waals surface area contributed by atoms with Gasteiger partial charge in [0.15, 0.2) is 0 Å². The predicted octanol–water partition coefficient (Wildman–Crippen LogP) is 3.79. The fourth-order valence-corrected chi connectivity index (χ4v) is 9.09. The van der Waals surface area contributed by atoms with Crippen LogP contribution in [0, 0.1) is 0 Å². The van der Waals surface area contributed by atoms with Crippen molar-refractivity contribution in [1.29, 1.82) is 0 Å². The zero-order chi connectivity index (χ0) is 37.0. The van der Waals surface area contributed by atoms with Crippen LogP contribution in [0.25, 0.3) is 11.3 Å². The molecule has 2 amide bonds. The lowest BCUT2D eigenvalue weighted by Crippen LogP contribution is -2.47. The summed E-state index contributed by atoms with van der Waals surface area (Å²) in [6, 6.07) is 13.4. The minimum atomic E-state index is -4.67. The maximum Gasteiger partial charge on any atom is 0.417 e. The molecule has 1 unspecified atom stereocenters. The van der Waals surface area contributed by atoms with Crippen LogP contribution >= 0.6 is 11.8 Å². The zero-order valence-electron chi connectivity index (χ0n) is 29.1. The van der Waals surface area contributed by atoms with Gasteiger partial charge in [0.2, 0.25) is 21.8 Å². The number of thioether (sulfide) groups is 1. The van der Waals surface area contributed by atoms with Crippen LogP contribution < -0.4 is 5.32 Å². The van der Waals surface area contributed by atoms with Gasteiger partial charge in [-0.25, -0.2) is 8.42 Å². The number of benzene rings is 2. The number of halogens is 3. The molecule has 0 saturated carbocycles. The SMILES string of the molecule is CS(=O)(=O)N1CCc2c(c(-c3ccc(C(F)(F)F)c(SCC(=O)NCCc4ccccc4)c3)nn2CC(O)CN2CCC(N3CCCC3=O)CC2)C1. The van der Waals surface area contributed by atoms with Gasteiger partial charge in [-0.15, -0.1) is 11.8 Å². The number of fused-ring (bicyclic) bond motifs is 1. The van der Waals surface area contributed by atoms with Crippen molar-refractivity contribution in [3.63, 3.8) is 0 Å². The zero-order valence-corrected chi connectivity index (χ0v) is 30.8. The van der Waals surface area contributed by atoms with Crippen LogP contribution in [0.2, 0.25) is 0 Å². The summed E-state index contributed by atoms with van der Waals surface area (Å²) >= 11 is 0.784. The Labute approximate surface area is 306 Å². The molecule has 3 aliphatic heterocycles. The molecule has 6 rings (SSSR count). The largest absolute Gasteiger partial charge is 0.417 e. The van der Waals surface area contributed by atoms with Gasteiger partial charge in [-0.3, -0.25) is 14.3 Å². The van der Waals surface area contributed by atoms with Crippen LogP contribution in [-0.2, 0) is 51.7 Å². The highest BCUT2D eigenvalue weighted by atomic mass is 32.2. The molecule has 1 atom stereocenters. The molecule has 4 heterocycles. The molecule has 0 aliphatic carbocycles. The fraction of sp³-hybridized carbons (Fsp3) is 0.528. The number of alkyl halides is 3. The Morgan fingerprint density at radius 3 is 2.48 bits per heavy atom. The Bertz CT molecular complexity index is 1850. The monoisotopic (exact) mass is 762 g/mol. The van der Waals surface area contributed by atoms with E-state index in [0.29, 0.717) is 49.2 Å². The van der Waals surface area contributed by atoms with Crippen molar-refractivity contribution >= 4 is 33.6 Å². The summed E-state index contributed by atoms with van der Waals surface area (Å²) in [4.78, 5) is 28.9. The number of nitrogens with one attached hydrogen (secondary N) is 1. The maximum atomic E-state index is 14.2. The van der Waals surface area contributed by atoms with Gasteiger partial charge >= 0.3 is 6.18 Å². The number of carbonyl (C=O) groups is 2. The molecule has 2 saturated heterocycles. The minimum Gasteiger partial charge on any atom is -0.390 e. The van der Waals surface area contributed by atoms with Crippen molar-refractivity contribution in [2.24, 2.45) is 0 Å². The first-order valence-electron chi connectivity index (χ1n) is 17.6. The smallest absolute Gasteiger partial charge is 0.390 e. The number of sulfonamides is 1. The Morgan fingerprint density at radius 1 is 1.06 bits per heavy atom. The van der Waals surface area contributed by atoms with Crippen LogP contribution in [0.5, 0.6) is 0 Å². The van der Waals surface area contributed by atoms with Crippen molar-refractivity contribution in [2.45, 2.75) is 74.8 Å². The number of piperidine rings is 1. The van der Waals surface area contributed by atoms with Crippen LogP contribution in [0.15, 0.2) is 53.4 Å². The number of nitrogens with zero attached hydrogens (tertiary/aromatic N) is 5. The topological polar surface area (TPSA) is 128 Å². The third-order valence-electron chi connectivity index (χ3n) is 10.0. The number of likely N-dealkylation sites (tertiary alicyclic amines) is 2. The van der Waals surface area contributed by atoms with Crippen molar-refractivity contribution in [2.75, 3.05) is 51.3 Å². The minimum absolute atomic E-state index is 0.00432. The number of β-amino-alcohol motifs (C(OH)–C–C–N with tert-alkyl or cyclic N) is 1. The lowest BCUT2D eigenvalue weighted by atomic mass is 10.0. The molecule has 0 radical (unpaired) electrons. The number of amides is 2. The summed E-state index contributed by atoms with van der Waals surface area (Å²) in [5, 5.41) is 18.8. The standard InChI is InChI=1S/C36H45F3N6O5S2/c1-52(49,50)43-19-14-31-29(23-43)35(41-45(31)22-28(46)21-42-17-12-27(13-18-42)44-16-5-8-34(44)48)26-9-10-30(36(37,38)39)32(20-26)51-24-33(47)40-15-11-25-6-3-2-4-7-25/h2-4,6-7,9-10,20,27-28,46H,5,8,11-19,21-24H2,1H3,(H,40,47). The first-order chi connectivity index (χ1) is 24.8. The summed E-state index contributed by atoms with van der Waals surface area (Å²) in [5.41, 5.74) is 2.16.